The average Bonchev–Trinajstić information content (AvgIpc) is 2.66. The Labute approximate surface area is 164 Å². The van der Waals surface area contributed by atoms with Gasteiger partial charge in [-0.15, -0.1) is 0 Å². The number of amides is 1. The highest BCUT2D eigenvalue weighted by Gasteiger charge is 2.06. The Balaban J connectivity index is 1.86. The average molecular weight is 391 g/mol. The first-order chi connectivity index (χ1) is 13.1. The lowest BCUT2D eigenvalue weighted by atomic mass is 10.2. The van der Waals surface area contributed by atoms with Gasteiger partial charge in [0.2, 0.25) is 0 Å². The molecule has 2 aromatic rings. The second kappa shape index (κ2) is 11.1. The Morgan fingerprint density at radius 1 is 1.11 bits per heavy atom. The molecule has 0 heterocycles. The van der Waals surface area contributed by atoms with Crippen LogP contribution >= 0.6 is 11.6 Å². The van der Waals surface area contributed by atoms with Crippen molar-refractivity contribution in [2.24, 2.45) is 5.16 Å². The molecule has 0 saturated carbocycles. The number of oxime groups is 1. The molecule has 2 rings (SSSR count). The van der Waals surface area contributed by atoms with Crippen LogP contribution in [0.5, 0.6) is 11.5 Å². The van der Waals surface area contributed by atoms with Gasteiger partial charge in [-0.25, -0.2) is 0 Å². The number of nitrogens with zero attached hydrogens (tertiary/aromatic N) is 1. The lowest BCUT2D eigenvalue weighted by Gasteiger charge is -2.11. The fraction of sp³-hybridized carbons (Fsp3) is 0.300. The SMILES string of the molecule is CCCOc1ccc(C=NOCC(=O)Nc2ccc(Cl)cc2)cc1OCC. The Morgan fingerprint density at radius 2 is 1.89 bits per heavy atom. The number of benzene rings is 2. The summed E-state index contributed by atoms with van der Waals surface area (Å²) in [4.78, 5) is 16.9. The molecular formula is C20H23ClN2O4. The number of rotatable bonds is 10. The van der Waals surface area contributed by atoms with Crippen molar-refractivity contribution in [3.8, 4) is 11.5 Å². The molecule has 0 aliphatic heterocycles. The molecule has 0 spiro atoms. The number of hydrogen-bond acceptors (Lipinski definition) is 5. The Bertz CT molecular complexity index is 763. The van der Waals surface area contributed by atoms with Gasteiger partial charge in [0.1, 0.15) is 0 Å². The van der Waals surface area contributed by atoms with Crippen molar-refractivity contribution < 1.29 is 19.1 Å². The maximum atomic E-state index is 11.8. The van der Waals surface area contributed by atoms with Crippen LogP contribution in [0.3, 0.4) is 0 Å². The molecule has 27 heavy (non-hydrogen) atoms. The monoisotopic (exact) mass is 390 g/mol. The number of hydrogen-bond donors (Lipinski definition) is 1. The fourth-order valence-corrected chi connectivity index (χ4v) is 2.25. The summed E-state index contributed by atoms with van der Waals surface area (Å²) < 4.78 is 11.2. The highest BCUT2D eigenvalue weighted by atomic mass is 35.5. The van der Waals surface area contributed by atoms with Crippen LogP contribution in [0.1, 0.15) is 25.8 Å². The lowest BCUT2D eigenvalue weighted by molar-refractivity contribution is -0.120. The van der Waals surface area contributed by atoms with Gasteiger partial charge in [-0.2, -0.15) is 0 Å². The van der Waals surface area contributed by atoms with Crippen molar-refractivity contribution in [1.82, 2.24) is 0 Å². The van der Waals surface area contributed by atoms with Crippen LogP contribution in [0.25, 0.3) is 0 Å². The van der Waals surface area contributed by atoms with E-state index in [1.165, 1.54) is 6.21 Å². The van der Waals surface area contributed by atoms with E-state index in [0.29, 0.717) is 35.4 Å². The van der Waals surface area contributed by atoms with Gasteiger partial charge < -0.3 is 19.6 Å². The molecule has 6 nitrogen and oxygen atoms in total. The number of anilines is 1. The molecule has 0 aliphatic carbocycles. The van der Waals surface area contributed by atoms with E-state index >= 15 is 0 Å². The predicted octanol–water partition coefficient (Wildman–Crippen LogP) is 4.52. The quantitative estimate of drug-likeness (QED) is 0.478. The first-order valence-corrected chi connectivity index (χ1v) is 9.10. The van der Waals surface area contributed by atoms with Gasteiger partial charge >= 0.3 is 0 Å². The zero-order chi connectivity index (χ0) is 19.5. The van der Waals surface area contributed by atoms with Crippen LogP contribution in [0.2, 0.25) is 5.02 Å². The molecule has 0 aromatic heterocycles. The molecule has 7 heteroatoms. The van der Waals surface area contributed by atoms with Crippen LogP contribution in [-0.4, -0.2) is 31.9 Å². The third kappa shape index (κ3) is 7.19. The topological polar surface area (TPSA) is 69.2 Å². The van der Waals surface area contributed by atoms with E-state index in [1.54, 1.807) is 24.3 Å². The fourth-order valence-electron chi connectivity index (χ4n) is 2.13. The summed E-state index contributed by atoms with van der Waals surface area (Å²) in [6.45, 7) is 4.91. The van der Waals surface area contributed by atoms with Gasteiger partial charge in [0.05, 0.1) is 19.4 Å². The standard InChI is InChI=1S/C20H23ClN2O4/c1-3-11-26-18-10-5-15(12-19(18)25-4-2)13-22-27-14-20(24)23-17-8-6-16(21)7-9-17/h5-10,12-13H,3-4,11,14H2,1-2H3,(H,23,24). The Hall–Kier alpha value is -2.73. The van der Waals surface area contributed by atoms with Crippen LogP contribution < -0.4 is 14.8 Å². The number of halogens is 1. The van der Waals surface area contributed by atoms with E-state index in [1.807, 2.05) is 32.0 Å². The predicted molar refractivity (Wildman–Crippen MR) is 107 cm³/mol. The van der Waals surface area contributed by atoms with Crippen LogP contribution in [0.4, 0.5) is 5.69 Å². The molecule has 144 valence electrons. The second-order valence-corrected chi connectivity index (χ2v) is 5.99. The summed E-state index contributed by atoms with van der Waals surface area (Å²) >= 11 is 5.80. The van der Waals surface area contributed by atoms with Crippen LogP contribution in [0, 0.1) is 0 Å². The first kappa shape index (κ1) is 20.6. The van der Waals surface area contributed by atoms with Gasteiger partial charge in [-0.05, 0) is 55.8 Å². The molecule has 0 unspecified atom stereocenters. The van der Waals surface area contributed by atoms with Crippen molar-refractivity contribution in [1.29, 1.82) is 0 Å². The van der Waals surface area contributed by atoms with Crippen molar-refractivity contribution in [2.75, 3.05) is 25.1 Å². The van der Waals surface area contributed by atoms with Gasteiger partial charge in [0, 0.05) is 16.3 Å². The number of ether oxygens (including phenoxy) is 2. The Kier molecular flexibility index (Phi) is 8.45. The van der Waals surface area contributed by atoms with Gasteiger partial charge in [-0.1, -0.05) is 23.7 Å². The maximum absolute atomic E-state index is 11.8. The summed E-state index contributed by atoms with van der Waals surface area (Å²) in [5.74, 6) is 1.03. The number of carbonyl (C=O) groups excluding carboxylic acids is 1. The number of carbonyl (C=O) groups is 1. The van der Waals surface area contributed by atoms with Crippen LogP contribution in [0.15, 0.2) is 47.6 Å². The van der Waals surface area contributed by atoms with E-state index < -0.39 is 0 Å². The zero-order valence-electron chi connectivity index (χ0n) is 15.4. The van der Waals surface area contributed by atoms with Crippen LogP contribution in [-0.2, 0) is 9.63 Å². The van der Waals surface area contributed by atoms with Crippen molar-refractivity contribution in [2.45, 2.75) is 20.3 Å². The molecule has 1 amide bonds. The molecule has 1 N–H and O–H groups in total. The first-order valence-electron chi connectivity index (χ1n) is 8.72. The van der Waals surface area contributed by atoms with Crippen molar-refractivity contribution >= 4 is 29.4 Å². The minimum atomic E-state index is -0.312. The van der Waals surface area contributed by atoms with E-state index in [2.05, 4.69) is 10.5 Å². The van der Waals surface area contributed by atoms with Gasteiger partial charge in [0.15, 0.2) is 18.1 Å². The molecule has 0 fully saturated rings. The van der Waals surface area contributed by atoms with E-state index in [0.717, 1.165) is 12.0 Å². The van der Waals surface area contributed by atoms with E-state index in [4.69, 9.17) is 25.9 Å². The zero-order valence-corrected chi connectivity index (χ0v) is 16.2. The molecule has 2 aromatic carbocycles. The normalized spacial score (nSPS) is 10.6. The third-order valence-electron chi connectivity index (χ3n) is 3.33. The Morgan fingerprint density at radius 3 is 2.59 bits per heavy atom. The number of nitrogens with one attached hydrogen (secondary N) is 1. The largest absolute Gasteiger partial charge is 0.490 e. The van der Waals surface area contributed by atoms with E-state index in [-0.39, 0.29) is 12.5 Å². The summed E-state index contributed by atoms with van der Waals surface area (Å²) in [7, 11) is 0. The second-order valence-electron chi connectivity index (χ2n) is 5.55. The van der Waals surface area contributed by atoms with E-state index in [9.17, 15) is 4.79 Å². The minimum absolute atomic E-state index is 0.199. The smallest absolute Gasteiger partial charge is 0.265 e. The van der Waals surface area contributed by atoms with Gasteiger partial charge in [0.25, 0.3) is 5.91 Å². The molecule has 0 aliphatic rings. The highest BCUT2D eigenvalue weighted by molar-refractivity contribution is 6.30. The van der Waals surface area contributed by atoms with Gasteiger partial charge in [-0.3, -0.25) is 4.79 Å². The molecule has 0 bridgehead atoms. The third-order valence-corrected chi connectivity index (χ3v) is 3.58. The molecular weight excluding hydrogens is 368 g/mol. The maximum Gasteiger partial charge on any atom is 0.265 e. The van der Waals surface area contributed by atoms with Crippen molar-refractivity contribution in [3.63, 3.8) is 0 Å². The van der Waals surface area contributed by atoms with Crippen molar-refractivity contribution in [3.05, 3.63) is 53.1 Å². The summed E-state index contributed by atoms with van der Waals surface area (Å²) in [5, 5.41) is 7.12. The summed E-state index contributed by atoms with van der Waals surface area (Å²) in [5.41, 5.74) is 1.42. The molecule has 0 saturated heterocycles. The molecule has 0 atom stereocenters. The molecule has 0 radical (unpaired) electrons. The highest BCUT2D eigenvalue weighted by Crippen LogP contribution is 2.28. The lowest BCUT2D eigenvalue weighted by Crippen LogP contribution is -2.16. The minimum Gasteiger partial charge on any atom is -0.490 e. The summed E-state index contributed by atoms with van der Waals surface area (Å²) in [6.07, 6.45) is 2.43. The summed E-state index contributed by atoms with van der Waals surface area (Å²) in [6, 6.07) is 12.3.